The van der Waals surface area contributed by atoms with Gasteiger partial charge in [-0.2, -0.15) is 0 Å². The van der Waals surface area contributed by atoms with E-state index in [2.05, 4.69) is 0 Å². The van der Waals surface area contributed by atoms with E-state index in [0.29, 0.717) is 18.0 Å². The van der Waals surface area contributed by atoms with Crippen LogP contribution in [0.1, 0.15) is 5.56 Å². The number of ether oxygens (including phenoxy) is 3. The summed E-state index contributed by atoms with van der Waals surface area (Å²) >= 11 is 0. The molecule has 2 rings (SSSR count). The Balaban J connectivity index is 1.86. The summed E-state index contributed by atoms with van der Waals surface area (Å²) in [4.78, 5) is 13.9. The number of carbonyl (C=O) groups is 1. The molecule has 0 aliphatic heterocycles. The van der Waals surface area contributed by atoms with Gasteiger partial charge >= 0.3 is 0 Å². The minimum absolute atomic E-state index is 0.0250. The van der Waals surface area contributed by atoms with Crippen LogP contribution in [0.4, 0.5) is 0 Å². The molecule has 0 heterocycles. The molecule has 0 radical (unpaired) electrons. The van der Waals surface area contributed by atoms with E-state index in [9.17, 15) is 4.79 Å². The normalized spacial score (nSPS) is 10.1. The van der Waals surface area contributed by atoms with E-state index in [1.54, 1.807) is 38.3 Å². The number of methoxy groups -OCH3 is 2. The Morgan fingerprint density at radius 3 is 2.17 bits per heavy atom. The van der Waals surface area contributed by atoms with E-state index < -0.39 is 0 Å². The monoisotopic (exact) mass is 329 g/mol. The lowest BCUT2D eigenvalue weighted by Gasteiger charge is -2.18. The maximum atomic E-state index is 12.2. The summed E-state index contributed by atoms with van der Waals surface area (Å²) in [6, 6.07) is 15.1. The van der Waals surface area contributed by atoms with E-state index in [1.807, 2.05) is 36.4 Å². The Labute approximate surface area is 142 Å². The molecule has 0 N–H and O–H groups in total. The molecule has 24 heavy (non-hydrogen) atoms. The van der Waals surface area contributed by atoms with E-state index >= 15 is 0 Å². The van der Waals surface area contributed by atoms with E-state index in [4.69, 9.17) is 14.2 Å². The fraction of sp³-hybridized carbons (Fsp3) is 0.316. The minimum atomic E-state index is -0.0872. The van der Waals surface area contributed by atoms with E-state index in [1.165, 1.54) is 0 Å². The van der Waals surface area contributed by atoms with Crippen LogP contribution >= 0.6 is 0 Å². The number of amides is 1. The van der Waals surface area contributed by atoms with Gasteiger partial charge in [0.15, 0.2) is 18.1 Å². The summed E-state index contributed by atoms with van der Waals surface area (Å²) in [7, 11) is 4.99. The van der Waals surface area contributed by atoms with Crippen molar-refractivity contribution in [1.29, 1.82) is 0 Å². The second-order valence-electron chi connectivity index (χ2n) is 5.32. The summed E-state index contributed by atoms with van der Waals surface area (Å²) < 4.78 is 16.1. The Bertz CT molecular complexity index is 672. The van der Waals surface area contributed by atoms with Gasteiger partial charge in [-0.1, -0.05) is 30.3 Å². The summed E-state index contributed by atoms with van der Waals surface area (Å²) in [5.74, 6) is 1.92. The molecule has 0 unspecified atom stereocenters. The molecule has 0 aromatic heterocycles. The average Bonchev–Trinajstić information content (AvgIpc) is 2.64. The molecule has 0 saturated carbocycles. The second-order valence-corrected chi connectivity index (χ2v) is 5.32. The molecule has 0 saturated heterocycles. The minimum Gasteiger partial charge on any atom is -0.496 e. The number of benzene rings is 2. The molecular formula is C19H23NO4. The lowest BCUT2D eigenvalue weighted by Crippen LogP contribution is -2.33. The molecule has 0 aliphatic carbocycles. The highest BCUT2D eigenvalue weighted by Crippen LogP contribution is 2.25. The lowest BCUT2D eigenvalue weighted by atomic mass is 10.1. The third kappa shape index (κ3) is 4.65. The highest BCUT2D eigenvalue weighted by molar-refractivity contribution is 5.77. The third-order valence-electron chi connectivity index (χ3n) is 3.76. The van der Waals surface area contributed by atoms with Gasteiger partial charge in [0, 0.05) is 13.6 Å². The van der Waals surface area contributed by atoms with Crippen molar-refractivity contribution in [2.24, 2.45) is 0 Å². The maximum absolute atomic E-state index is 12.2. The topological polar surface area (TPSA) is 48.0 Å². The first-order valence-corrected chi connectivity index (χ1v) is 7.77. The molecule has 2 aromatic carbocycles. The van der Waals surface area contributed by atoms with Crippen molar-refractivity contribution in [2.75, 3.05) is 34.4 Å². The first-order valence-electron chi connectivity index (χ1n) is 7.77. The van der Waals surface area contributed by atoms with Crippen molar-refractivity contribution >= 4 is 5.91 Å². The molecule has 5 heteroatoms. The molecule has 0 spiro atoms. The van der Waals surface area contributed by atoms with Crippen LogP contribution in [0.25, 0.3) is 0 Å². The van der Waals surface area contributed by atoms with Gasteiger partial charge in [-0.25, -0.2) is 0 Å². The third-order valence-corrected chi connectivity index (χ3v) is 3.76. The second kappa shape index (κ2) is 8.82. The highest BCUT2D eigenvalue weighted by Gasteiger charge is 2.12. The zero-order valence-electron chi connectivity index (χ0n) is 14.3. The predicted molar refractivity (Wildman–Crippen MR) is 92.8 cm³/mol. The van der Waals surface area contributed by atoms with Crippen molar-refractivity contribution in [3.63, 3.8) is 0 Å². The van der Waals surface area contributed by atoms with Gasteiger partial charge in [0.2, 0.25) is 0 Å². The van der Waals surface area contributed by atoms with Crippen molar-refractivity contribution in [1.82, 2.24) is 4.90 Å². The largest absolute Gasteiger partial charge is 0.496 e. The van der Waals surface area contributed by atoms with Gasteiger partial charge in [0.1, 0.15) is 5.75 Å². The number of rotatable bonds is 8. The van der Waals surface area contributed by atoms with Gasteiger partial charge < -0.3 is 19.1 Å². The predicted octanol–water partition coefficient (Wildman–Crippen LogP) is 2.78. The molecule has 0 aliphatic rings. The van der Waals surface area contributed by atoms with Crippen LogP contribution in [0.15, 0.2) is 48.5 Å². The van der Waals surface area contributed by atoms with Gasteiger partial charge in [-0.3, -0.25) is 4.79 Å². The standard InChI is InChI=1S/C19H23NO4/c1-20(13-12-15-8-4-5-9-16(15)22-2)19(21)14-24-18-11-7-6-10-17(18)23-3/h4-11H,12-14H2,1-3H3. The van der Waals surface area contributed by atoms with Crippen LogP contribution in [-0.4, -0.2) is 45.2 Å². The van der Waals surface area contributed by atoms with Crippen LogP contribution in [0.2, 0.25) is 0 Å². The molecule has 0 fully saturated rings. The summed E-state index contributed by atoms with van der Waals surface area (Å²) in [6.45, 7) is 0.567. The van der Waals surface area contributed by atoms with Gasteiger partial charge in [-0.05, 0) is 30.2 Å². The number of hydrogen-bond donors (Lipinski definition) is 0. The van der Waals surface area contributed by atoms with Gasteiger partial charge in [-0.15, -0.1) is 0 Å². The summed E-state index contributed by atoms with van der Waals surface area (Å²) in [6.07, 6.45) is 0.723. The number of para-hydroxylation sites is 3. The lowest BCUT2D eigenvalue weighted by molar-refractivity contribution is -0.132. The average molecular weight is 329 g/mol. The molecule has 128 valence electrons. The number of hydrogen-bond acceptors (Lipinski definition) is 4. The van der Waals surface area contributed by atoms with Crippen molar-refractivity contribution in [2.45, 2.75) is 6.42 Å². The van der Waals surface area contributed by atoms with Crippen molar-refractivity contribution in [3.05, 3.63) is 54.1 Å². The van der Waals surface area contributed by atoms with Crippen LogP contribution in [-0.2, 0) is 11.2 Å². The quantitative estimate of drug-likeness (QED) is 0.747. The Morgan fingerprint density at radius 2 is 1.50 bits per heavy atom. The molecule has 1 amide bonds. The maximum Gasteiger partial charge on any atom is 0.260 e. The van der Waals surface area contributed by atoms with Gasteiger partial charge in [0.05, 0.1) is 14.2 Å². The molecule has 0 atom stereocenters. The van der Waals surface area contributed by atoms with Gasteiger partial charge in [0.25, 0.3) is 5.91 Å². The Hall–Kier alpha value is -2.69. The molecule has 2 aromatic rings. The van der Waals surface area contributed by atoms with Crippen molar-refractivity contribution < 1.29 is 19.0 Å². The summed E-state index contributed by atoms with van der Waals surface area (Å²) in [5.41, 5.74) is 1.07. The number of nitrogens with zero attached hydrogens (tertiary/aromatic N) is 1. The Kier molecular flexibility index (Phi) is 6.49. The van der Waals surface area contributed by atoms with Crippen molar-refractivity contribution in [3.8, 4) is 17.2 Å². The smallest absolute Gasteiger partial charge is 0.260 e. The molecular weight excluding hydrogens is 306 g/mol. The number of likely N-dealkylation sites (N-methyl/N-ethyl adjacent to an activating group) is 1. The Morgan fingerprint density at radius 1 is 0.917 bits per heavy atom. The number of carbonyl (C=O) groups excluding carboxylic acids is 1. The zero-order valence-corrected chi connectivity index (χ0v) is 14.3. The SMILES string of the molecule is COc1ccccc1CCN(C)C(=O)COc1ccccc1OC. The first kappa shape index (κ1) is 17.7. The fourth-order valence-electron chi connectivity index (χ4n) is 2.31. The highest BCUT2D eigenvalue weighted by atomic mass is 16.5. The van der Waals surface area contributed by atoms with E-state index in [-0.39, 0.29) is 12.5 Å². The van der Waals surface area contributed by atoms with Crippen LogP contribution in [0, 0.1) is 0 Å². The van der Waals surface area contributed by atoms with Crippen LogP contribution in [0.5, 0.6) is 17.2 Å². The first-order chi connectivity index (χ1) is 11.7. The van der Waals surface area contributed by atoms with Crippen LogP contribution < -0.4 is 14.2 Å². The van der Waals surface area contributed by atoms with Crippen LogP contribution in [0.3, 0.4) is 0 Å². The summed E-state index contributed by atoms with van der Waals surface area (Å²) in [5, 5.41) is 0. The molecule has 5 nitrogen and oxygen atoms in total. The fourth-order valence-corrected chi connectivity index (χ4v) is 2.31. The van der Waals surface area contributed by atoms with E-state index in [0.717, 1.165) is 17.7 Å². The zero-order chi connectivity index (χ0) is 17.4. The molecule has 0 bridgehead atoms.